The summed E-state index contributed by atoms with van der Waals surface area (Å²) in [5, 5.41) is 0. The number of para-hydroxylation sites is 2. The number of aromatic amines is 1. The van der Waals surface area contributed by atoms with Crippen LogP contribution in [-0.2, 0) is 9.47 Å². The van der Waals surface area contributed by atoms with Crippen molar-refractivity contribution in [2.75, 3.05) is 33.2 Å². The van der Waals surface area contributed by atoms with Crippen LogP contribution >= 0.6 is 0 Å². The Morgan fingerprint density at radius 3 is 2.57 bits per heavy atom. The highest BCUT2D eigenvalue weighted by Crippen LogP contribution is 2.32. The Labute approximate surface area is 219 Å². The van der Waals surface area contributed by atoms with Crippen molar-refractivity contribution in [2.24, 2.45) is 0 Å². The number of hydrogen-bond donors (Lipinski definition) is 1. The van der Waals surface area contributed by atoms with Gasteiger partial charge in [-0.15, -0.1) is 0 Å². The summed E-state index contributed by atoms with van der Waals surface area (Å²) in [5.41, 5.74) is 4.96. The van der Waals surface area contributed by atoms with Gasteiger partial charge in [0, 0.05) is 26.2 Å². The number of amides is 1. The lowest BCUT2D eigenvalue weighted by atomic mass is 9.96. The average Bonchev–Trinajstić information content (AvgIpc) is 3.31. The van der Waals surface area contributed by atoms with Gasteiger partial charge in [0.15, 0.2) is 0 Å². The number of rotatable bonds is 5. The van der Waals surface area contributed by atoms with Crippen molar-refractivity contribution in [2.45, 2.75) is 57.8 Å². The smallest absolute Gasteiger partial charge is 0.410 e. The number of benzene rings is 2. The van der Waals surface area contributed by atoms with Crippen molar-refractivity contribution in [3.63, 3.8) is 0 Å². The number of likely N-dealkylation sites (tertiary alicyclic amines) is 1. The number of nitrogens with zero attached hydrogens (tertiary/aromatic N) is 3. The van der Waals surface area contributed by atoms with Crippen molar-refractivity contribution in [1.29, 1.82) is 0 Å². The van der Waals surface area contributed by atoms with Crippen LogP contribution in [0.5, 0.6) is 0 Å². The Hall–Kier alpha value is -3.16. The molecule has 196 valence electrons. The van der Waals surface area contributed by atoms with E-state index in [1.165, 1.54) is 5.57 Å². The molecule has 0 spiro atoms. The number of nitrogens with one attached hydrogen (secondary N) is 1. The molecule has 1 aromatic heterocycles. The SMILES string of the molecule is CN1CCC(OC(c2cccc(C3=CCN(C(=O)OC(C)(C)C)CC3)c2)c2nc3ccccc3[nH]2)CC1. The molecule has 1 atom stereocenters. The van der Waals surface area contributed by atoms with E-state index in [4.69, 9.17) is 14.5 Å². The number of piperidine rings is 1. The van der Waals surface area contributed by atoms with Crippen LogP contribution in [0.15, 0.2) is 54.6 Å². The minimum Gasteiger partial charge on any atom is -0.444 e. The first-order valence-corrected chi connectivity index (χ1v) is 13.3. The topological polar surface area (TPSA) is 70.7 Å². The molecule has 0 bridgehead atoms. The van der Waals surface area contributed by atoms with E-state index in [1.807, 2.05) is 39.0 Å². The molecule has 2 aliphatic heterocycles. The first-order chi connectivity index (χ1) is 17.7. The second kappa shape index (κ2) is 10.7. The average molecular weight is 503 g/mol. The van der Waals surface area contributed by atoms with E-state index < -0.39 is 5.60 Å². The monoisotopic (exact) mass is 502 g/mol. The van der Waals surface area contributed by atoms with E-state index in [-0.39, 0.29) is 18.3 Å². The molecule has 1 unspecified atom stereocenters. The van der Waals surface area contributed by atoms with Crippen LogP contribution in [0.25, 0.3) is 16.6 Å². The summed E-state index contributed by atoms with van der Waals surface area (Å²) in [6.07, 6.45) is 4.61. The van der Waals surface area contributed by atoms with Gasteiger partial charge in [-0.1, -0.05) is 36.4 Å². The van der Waals surface area contributed by atoms with Crippen molar-refractivity contribution in [1.82, 2.24) is 19.8 Å². The maximum atomic E-state index is 12.5. The fourth-order valence-corrected chi connectivity index (χ4v) is 5.04. The van der Waals surface area contributed by atoms with Gasteiger partial charge in [-0.05, 0) is 82.0 Å². The Morgan fingerprint density at radius 1 is 1.08 bits per heavy atom. The summed E-state index contributed by atoms with van der Waals surface area (Å²) in [7, 11) is 2.16. The highest BCUT2D eigenvalue weighted by atomic mass is 16.6. The third-order valence-electron chi connectivity index (χ3n) is 7.07. The van der Waals surface area contributed by atoms with Crippen molar-refractivity contribution in [3.05, 3.63) is 71.6 Å². The molecule has 0 aliphatic carbocycles. The van der Waals surface area contributed by atoms with Crippen LogP contribution in [0.1, 0.15) is 63.1 Å². The number of H-pyrrole nitrogens is 1. The van der Waals surface area contributed by atoms with Crippen LogP contribution in [0.2, 0.25) is 0 Å². The predicted molar refractivity (Wildman–Crippen MR) is 146 cm³/mol. The zero-order chi connectivity index (χ0) is 26.0. The van der Waals surface area contributed by atoms with Gasteiger partial charge in [0.05, 0.1) is 17.1 Å². The number of carbonyl (C=O) groups is 1. The maximum Gasteiger partial charge on any atom is 0.410 e. The molecule has 1 fully saturated rings. The maximum absolute atomic E-state index is 12.5. The Kier molecular flexibility index (Phi) is 7.36. The molecule has 0 saturated carbocycles. The molecule has 1 N–H and O–H groups in total. The van der Waals surface area contributed by atoms with E-state index in [2.05, 4.69) is 53.3 Å². The van der Waals surface area contributed by atoms with E-state index in [0.717, 1.165) is 60.3 Å². The van der Waals surface area contributed by atoms with Gasteiger partial charge in [0.25, 0.3) is 0 Å². The molecule has 2 aromatic carbocycles. The van der Waals surface area contributed by atoms with Crippen LogP contribution in [0, 0.1) is 0 Å². The Balaban J connectivity index is 1.39. The first-order valence-electron chi connectivity index (χ1n) is 13.3. The quantitative estimate of drug-likeness (QED) is 0.478. The Bertz CT molecular complexity index is 1230. The lowest BCUT2D eigenvalue weighted by Gasteiger charge is -2.32. The van der Waals surface area contributed by atoms with Crippen molar-refractivity contribution >= 4 is 22.7 Å². The summed E-state index contributed by atoms with van der Waals surface area (Å²) >= 11 is 0. The standard InChI is InChI=1S/C30H38N4O3/c1-30(2,3)37-29(35)34-18-12-21(13-19-34)22-8-7-9-23(20-22)27(36-24-14-16-33(4)17-15-24)28-31-25-10-5-6-11-26(25)32-28/h5-12,20,24,27H,13-19H2,1-4H3,(H,31,32). The molecule has 2 aliphatic rings. The number of carbonyl (C=O) groups excluding carboxylic acids is 1. The molecule has 1 saturated heterocycles. The van der Waals surface area contributed by atoms with Crippen molar-refractivity contribution in [3.8, 4) is 0 Å². The van der Waals surface area contributed by atoms with Gasteiger partial charge in [0.1, 0.15) is 17.5 Å². The minimum atomic E-state index is -0.491. The molecule has 7 nitrogen and oxygen atoms in total. The third-order valence-corrected chi connectivity index (χ3v) is 7.07. The van der Waals surface area contributed by atoms with Crippen molar-refractivity contribution < 1.29 is 14.3 Å². The lowest BCUT2D eigenvalue weighted by molar-refractivity contribution is -0.0264. The number of imidazole rings is 1. The molecule has 1 amide bonds. The normalized spacial score (nSPS) is 18.6. The molecule has 3 heterocycles. The zero-order valence-corrected chi connectivity index (χ0v) is 22.4. The molecular formula is C30H38N4O3. The number of fused-ring (bicyclic) bond motifs is 1. The highest BCUT2D eigenvalue weighted by Gasteiger charge is 2.27. The third kappa shape index (κ3) is 6.22. The minimum absolute atomic E-state index is 0.189. The van der Waals surface area contributed by atoms with Gasteiger partial charge in [-0.3, -0.25) is 0 Å². The number of ether oxygens (including phenoxy) is 2. The van der Waals surface area contributed by atoms with E-state index >= 15 is 0 Å². The van der Waals surface area contributed by atoms with Gasteiger partial charge in [0.2, 0.25) is 0 Å². The predicted octanol–water partition coefficient (Wildman–Crippen LogP) is 5.79. The Morgan fingerprint density at radius 2 is 1.86 bits per heavy atom. The second-order valence-corrected chi connectivity index (χ2v) is 11.2. The zero-order valence-electron chi connectivity index (χ0n) is 22.4. The van der Waals surface area contributed by atoms with Gasteiger partial charge in [-0.25, -0.2) is 9.78 Å². The van der Waals surface area contributed by atoms with E-state index in [1.54, 1.807) is 4.90 Å². The summed E-state index contributed by atoms with van der Waals surface area (Å²) in [6, 6.07) is 16.7. The van der Waals surface area contributed by atoms with Crippen LogP contribution < -0.4 is 0 Å². The largest absolute Gasteiger partial charge is 0.444 e. The van der Waals surface area contributed by atoms with Gasteiger partial charge < -0.3 is 24.3 Å². The fourth-order valence-electron chi connectivity index (χ4n) is 5.04. The van der Waals surface area contributed by atoms with Crippen LogP contribution in [0.4, 0.5) is 4.79 Å². The highest BCUT2D eigenvalue weighted by molar-refractivity contribution is 5.75. The van der Waals surface area contributed by atoms with Gasteiger partial charge in [-0.2, -0.15) is 0 Å². The van der Waals surface area contributed by atoms with Gasteiger partial charge >= 0.3 is 6.09 Å². The van der Waals surface area contributed by atoms with E-state index in [9.17, 15) is 4.79 Å². The summed E-state index contributed by atoms with van der Waals surface area (Å²) in [6.45, 7) is 8.96. The molecule has 0 radical (unpaired) electrons. The number of hydrogen-bond acceptors (Lipinski definition) is 5. The summed E-state index contributed by atoms with van der Waals surface area (Å²) in [4.78, 5) is 25.0. The van der Waals surface area contributed by atoms with Crippen LogP contribution in [0.3, 0.4) is 0 Å². The fraction of sp³-hybridized carbons (Fsp3) is 0.467. The summed E-state index contributed by atoms with van der Waals surface area (Å²) in [5.74, 6) is 0.839. The second-order valence-electron chi connectivity index (χ2n) is 11.2. The lowest BCUT2D eigenvalue weighted by Crippen LogP contribution is -2.39. The molecule has 3 aromatic rings. The molecule has 5 rings (SSSR count). The molecular weight excluding hydrogens is 464 g/mol. The number of aromatic nitrogens is 2. The molecule has 37 heavy (non-hydrogen) atoms. The summed E-state index contributed by atoms with van der Waals surface area (Å²) < 4.78 is 12.3. The van der Waals surface area contributed by atoms with Crippen LogP contribution in [-0.4, -0.2) is 70.8 Å². The molecule has 7 heteroatoms. The van der Waals surface area contributed by atoms with E-state index in [0.29, 0.717) is 13.1 Å². The first kappa shape index (κ1) is 25.5.